The van der Waals surface area contributed by atoms with Crippen molar-refractivity contribution in [3.8, 4) is 0 Å². The Morgan fingerprint density at radius 3 is 2.83 bits per heavy atom. The maximum absolute atomic E-state index is 9.25. The van der Waals surface area contributed by atoms with Gasteiger partial charge >= 0.3 is 0 Å². The van der Waals surface area contributed by atoms with Crippen LogP contribution in [0.4, 0.5) is 11.9 Å². The fourth-order valence-electron chi connectivity index (χ4n) is 1.28. The van der Waals surface area contributed by atoms with Crippen molar-refractivity contribution in [2.45, 2.75) is 32.4 Å². The molecule has 1 rings (SSSR count). The zero-order chi connectivity index (χ0) is 13.5. The van der Waals surface area contributed by atoms with Gasteiger partial charge in [0.25, 0.3) is 0 Å². The highest BCUT2D eigenvalue weighted by molar-refractivity contribution is 5.35. The van der Waals surface area contributed by atoms with Gasteiger partial charge in [-0.05, 0) is 20.3 Å². The Labute approximate surface area is 108 Å². The molecule has 0 aromatic carbocycles. The van der Waals surface area contributed by atoms with Crippen LogP contribution in [0.5, 0.6) is 0 Å². The molecule has 0 aliphatic carbocycles. The van der Waals surface area contributed by atoms with Crippen molar-refractivity contribution in [1.29, 1.82) is 0 Å². The van der Waals surface area contributed by atoms with Crippen LogP contribution in [-0.2, 0) is 0 Å². The predicted molar refractivity (Wildman–Crippen MR) is 72.7 cm³/mol. The van der Waals surface area contributed by atoms with E-state index in [9.17, 15) is 5.11 Å². The van der Waals surface area contributed by atoms with Crippen molar-refractivity contribution in [3.05, 3.63) is 19.0 Å². The van der Waals surface area contributed by atoms with Crippen LogP contribution in [0.2, 0.25) is 0 Å². The Hall–Kier alpha value is -1.69. The van der Waals surface area contributed by atoms with Crippen molar-refractivity contribution in [2.75, 3.05) is 23.8 Å². The summed E-state index contributed by atoms with van der Waals surface area (Å²) >= 11 is 0. The highest BCUT2D eigenvalue weighted by Gasteiger charge is 2.08. The van der Waals surface area contributed by atoms with E-state index >= 15 is 0 Å². The highest BCUT2D eigenvalue weighted by Crippen LogP contribution is 2.08. The number of aromatic nitrogens is 3. The second-order valence-corrected chi connectivity index (χ2v) is 4.34. The fourth-order valence-corrected chi connectivity index (χ4v) is 1.28. The molecule has 1 heterocycles. The highest BCUT2D eigenvalue weighted by atomic mass is 16.3. The molecule has 0 aliphatic rings. The van der Waals surface area contributed by atoms with Gasteiger partial charge in [0.1, 0.15) is 6.33 Å². The third-order valence-electron chi connectivity index (χ3n) is 2.49. The molecule has 0 fully saturated rings. The van der Waals surface area contributed by atoms with Gasteiger partial charge in [-0.1, -0.05) is 6.08 Å². The fraction of sp³-hybridized carbons (Fsp3) is 0.583. The van der Waals surface area contributed by atoms with Crippen molar-refractivity contribution in [3.63, 3.8) is 0 Å². The van der Waals surface area contributed by atoms with Crippen molar-refractivity contribution in [1.82, 2.24) is 15.0 Å². The van der Waals surface area contributed by atoms with E-state index in [-0.39, 0.29) is 12.1 Å². The summed E-state index contributed by atoms with van der Waals surface area (Å²) < 4.78 is 0. The lowest BCUT2D eigenvalue weighted by molar-refractivity contribution is 0.186. The number of hydrogen-bond donors (Lipinski definition) is 2. The van der Waals surface area contributed by atoms with Gasteiger partial charge < -0.3 is 15.3 Å². The summed E-state index contributed by atoms with van der Waals surface area (Å²) in [5.41, 5.74) is 0. The van der Waals surface area contributed by atoms with Gasteiger partial charge in [0, 0.05) is 19.6 Å². The summed E-state index contributed by atoms with van der Waals surface area (Å²) in [6, 6.07) is 0.100. The van der Waals surface area contributed by atoms with Crippen LogP contribution in [-0.4, -0.2) is 45.8 Å². The summed E-state index contributed by atoms with van der Waals surface area (Å²) in [6.45, 7) is 8.11. The Balaban J connectivity index is 2.65. The number of rotatable bonds is 7. The minimum absolute atomic E-state index is 0.100. The number of hydrogen-bond acceptors (Lipinski definition) is 6. The van der Waals surface area contributed by atoms with Crippen LogP contribution in [0, 0.1) is 0 Å². The molecule has 100 valence electrons. The maximum Gasteiger partial charge on any atom is 0.229 e. The summed E-state index contributed by atoms with van der Waals surface area (Å²) in [4.78, 5) is 14.3. The first-order chi connectivity index (χ1) is 8.52. The molecule has 2 N–H and O–H groups in total. The van der Waals surface area contributed by atoms with Crippen LogP contribution in [0.15, 0.2) is 19.0 Å². The van der Waals surface area contributed by atoms with Crippen molar-refractivity contribution in [2.24, 2.45) is 0 Å². The van der Waals surface area contributed by atoms with Crippen LogP contribution in [0.1, 0.15) is 20.3 Å². The number of anilines is 2. The van der Waals surface area contributed by atoms with E-state index < -0.39 is 0 Å². The van der Waals surface area contributed by atoms with Gasteiger partial charge in [-0.25, -0.2) is 9.97 Å². The van der Waals surface area contributed by atoms with E-state index in [4.69, 9.17) is 0 Å². The van der Waals surface area contributed by atoms with E-state index in [0.29, 0.717) is 24.9 Å². The molecule has 1 unspecified atom stereocenters. The summed E-state index contributed by atoms with van der Waals surface area (Å²) in [5.74, 6) is 1.11. The second kappa shape index (κ2) is 6.90. The van der Waals surface area contributed by atoms with Crippen LogP contribution in [0.3, 0.4) is 0 Å². The minimum Gasteiger partial charge on any atom is -0.393 e. The van der Waals surface area contributed by atoms with Gasteiger partial charge in [-0.3, -0.25) is 0 Å². The summed E-state index contributed by atoms with van der Waals surface area (Å²) in [7, 11) is 1.89. The second-order valence-electron chi connectivity index (χ2n) is 4.34. The molecule has 0 amide bonds. The SMILES string of the molecule is C=CC(C)Nc1ncnc(N(C)CC[C@H](C)O)n1. The predicted octanol–water partition coefficient (Wildman–Crippen LogP) is 1.07. The number of aliphatic hydroxyl groups excluding tert-OH is 1. The normalized spacial score (nSPS) is 13.8. The van der Waals surface area contributed by atoms with Crippen molar-refractivity contribution >= 4 is 11.9 Å². The molecule has 6 nitrogen and oxygen atoms in total. The quantitative estimate of drug-likeness (QED) is 0.706. The summed E-state index contributed by atoms with van der Waals surface area (Å²) in [5, 5.41) is 12.3. The molecule has 18 heavy (non-hydrogen) atoms. The monoisotopic (exact) mass is 251 g/mol. The Kier molecular flexibility index (Phi) is 5.51. The van der Waals surface area contributed by atoms with E-state index in [1.165, 1.54) is 6.33 Å². The lowest BCUT2D eigenvalue weighted by atomic mass is 10.3. The van der Waals surface area contributed by atoms with Crippen LogP contribution >= 0.6 is 0 Å². The van der Waals surface area contributed by atoms with E-state index in [1.807, 2.05) is 18.9 Å². The molecule has 0 aliphatic heterocycles. The van der Waals surface area contributed by atoms with E-state index in [0.717, 1.165) is 0 Å². The van der Waals surface area contributed by atoms with E-state index in [2.05, 4.69) is 26.8 Å². The molecule has 0 saturated heterocycles. The van der Waals surface area contributed by atoms with E-state index in [1.54, 1.807) is 13.0 Å². The molecule has 0 radical (unpaired) electrons. The number of aliphatic hydroxyl groups is 1. The maximum atomic E-state index is 9.25. The van der Waals surface area contributed by atoms with Crippen molar-refractivity contribution < 1.29 is 5.11 Å². The molecule has 1 aromatic rings. The third kappa shape index (κ3) is 4.67. The molecule has 0 saturated carbocycles. The zero-order valence-corrected chi connectivity index (χ0v) is 11.2. The van der Waals surface area contributed by atoms with Crippen LogP contribution in [0.25, 0.3) is 0 Å². The molecule has 2 atom stereocenters. The minimum atomic E-state index is -0.326. The lowest BCUT2D eigenvalue weighted by Crippen LogP contribution is -2.24. The van der Waals surface area contributed by atoms with Gasteiger partial charge in [0.15, 0.2) is 0 Å². The number of nitrogens with zero attached hydrogens (tertiary/aromatic N) is 4. The molecular formula is C12H21N5O. The molecular weight excluding hydrogens is 230 g/mol. The first-order valence-corrected chi connectivity index (χ1v) is 6.00. The third-order valence-corrected chi connectivity index (χ3v) is 2.49. The zero-order valence-electron chi connectivity index (χ0n) is 11.2. The first-order valence-electron chi connectivity index (χ1n) is 6.00. The van der Waals surface area contributed by atoms with Gasteiger partial charge in [-0.15, -0.1) is 6.58 Å². The first kappa shape index (κ1) is 14.4. The topological polar surface area (TPSA) is 74.2 Å². The van der Waals surface area contributed by atoms with Gasteiger partial charge in [0.2, 0.25) is 11.9 Å². The molecule has 6 heteroatoms. The number of nitrogens with one attached hydrogen (secondary N) is 1. The average Bonchev–Trinajstić information content (AvgIpc) is 2.36. The molecule has 1 aromatic heterocycles. The average molecular weight is 251 g/mol. The molecule has 0 spiro atoms. The summed E-state index contributed by atoms with van der Waals surface area (Å²) in [6.07, 6.45) is 3.60. The Morgan fingerprint density at radius 1 is 1.50 bits per heavy atom. The largest absolute Gasteiger partial charge is 0.393 e. The lowest BCUT2D eigenvalue weighted by Gasteiger charge is -2.18. The Bertz CT molecular complexity index is 382. The molecule has 0 bridgehead atoms. The Morgan fingerprint density at radius 2 is 2.22 bits per heavy atom. The van der Waals surface area contributed by atoms with Gasteiger partial charge in [0.05, 0.1) is 6.10 Å². The van der Waals surface area contributed by atoms with Crippen LogP contribution < -0.4 is 10.2 Å². The smallest absolute Gasteiger partial charge is 0.229 e. The standard InChI is InChI=1S/C12H21N5O/c1-5-9(2)15-11-13-8-14-12(16-11)17(4)7-6-10(3)18/h5,8-10,18H,1,6-7H2,2-4H3,(H,13,14,15,16)/t9?,10-/m0/s1. The van der Waals surface area contributed by atoms with Gasteiger partial charge in [-0.2, -0.15) is 4.98 Å².